The fraction of sp³-hybridized carbons (Fsp3) is 0. The van der Waals surface area contributed by atoms with E-state index in [9.17, 15) is 19.2 Å². The van der Waals surface area contributed by atoms with Gasteiger partial charge in [-0.1, -0.05) is 6.58 Å². The Morgan fingerprint density at radius 2 is 1.76 bits per heavy atom. The van der Waals surface area contributed by atoms with Crippen LogP contribution in [0.3, 0.4) is 0 Å². The number of anilines is 2. The van der Waals surface area contributed by atoms with Gasteiger partial charge in [0.25, 0.3) is 11.8 Å². The molecule has 21 heavy (non-hydrogen) atoms. The molecule has 0 bridgehead atoms. The topological polar surface area (TPSA) is 104 Å². The van der Waals surface area contributed by atoms with Gasteiger partial charge in [0.15, 0.2) is 0 Å². The molecule has 0 spiro atoms. The third-order valence-electron chi connectivity index (χ3n) is 2.69. The van der Waals surface area contributed by atoms with Crippen LogP contribution >= 0.6 is 0 Å². The van der Waals surface area contributed by atoms with Gasteiger partial charge < -0.3 is 10.4 Å². The molecule has 1 aromatic carbocycles. The van der Waals surface area contributed by atoms with E-state index in [1.54, 1.807) is 0 Å². The third kappa shape index (κ3) is 2.86. The Bertz CT molecular complexity index is 687. The van der Waals surface area contributed by atoms with Gasteiger partial charge in [-0.25, -0.2) is 9.69 Å². The first-order chi connectivity index (χ1) is 9.92. The number of nitrogens with one attached hydrogen (secondary N) is 1. The van der Waals surface area contributed by atoms with Crippen molar-refractivity contribution in [1.29, 1.82) is 0 Å². The van der Waals surface area contributed by atoms with Gasteiger partial charge in [0, 0.05) is 17.8 Å². The van der Waals surface area contributed by atoms with E-state index in [0.29, 0.717) is 0 Å². The maximum Gasteiger partial charge on any atom is 0.335 e. The Labute approximate surface area is 119 Å². The SMILES string of the molecule is C=CC(=O)Nc1cc(C(=O)O)cc(N2C(=O)C=CC2=O)c1. The summed E-state index contributed by atoms with van der Waals surface area (Å²) in [4.78, 5) is 46.5. The molecule has 1 aliphatic rings. The van der Waals surface area contributed by atoms with E-state index >= 15 is 0 Å². The first-order valence-corrected chi connectivity index (χ1v) is 5.80. The van der Waals surface area contributed by atoms with Gasteiger partial charge in [0.1, 0.15) is 0 Å². The van der Waals surface area contributed by atoms with Gasteiger partial charge in [0.05, 0.1) is 11.3 Å². The van der Waals surface area contributed by atoms with Crippen LogP contribution in [0.25, 0.3) is 0 Å². The van der Waals surface area contributed by atoms with E-state index in [1.165, 1.54) is 18.2 Å². The number of benzene rings is 1. The van der Waals surface area contributed by atoms with Crippen molar-refractivity contribution in [3.05, 3.63) is 48.6 Å². The lowest BCUT2D eigenvalue weighted by Gasteiger charge is -2.16. The molecular weight excluding hydrogens is 276 g/mol. The van der Waals surface area contributed by atoms with Crippen molar-refractivity contribution in [3.63, 3.8) is 0 Å². The highest BCUT2D eigenvalue weighted by molar-refractivity contribution is 6.28. The number of carboxylic acids is 1. The molecule has 1 aliphatic heterocycles. The maximum atomic E-state index is 11.6. The van der Waals surface area contributed by atoms with Gasteiger partial charge in [-0.15, -0.1) is 0 Å². The first-order valence-electron chi connectivity index (χ1n) is 5.80. The Balaban J connectivity index is 2.48. The van der Waals surface area contributed by atoms with E-state index in [2.05, 4.69) is 11.9 Å². The molecule has 0 saturated carbocycles. The van der Waals surface area contributed by atoms with Crippen molar-refractivity contribution < 1.29 is 24.3 Å². The Hall–Kier alpha value is -3.22. The zero-order valence-corrected chi connectivity index (χ0v) is 10.7. The lowest BCUT2D eigenvalue weighted by molar-refractivity contribution is -0.120. The van der Waals surface area contributed by atoms with E-state index in [0.717, 1.165) is 23.1 Å². The number of nitrogens with zero attached hydrogens (tertiary/aromatic N) is 1. The monoisotopic (exact) mass is 286 g/mol. The summed E-state index contributed by atoms with van der Waals surface area (Å²) in [5, 5.41) is 11.5. The van der Waals surface area contributed by atoms with Crippen LogP contribution in [0.15, 0.2) is 43.0 Å². The van der Waals surface area contributed by atoms with Crippen molar-refractivity contribution in [3.8, 4) is 0 Å². The molecule has 0 atom stereocenters. The molecule has 0 unspecified atom stereocenters. The number of aromatic carboxylic acids is 1. The minimum Gasteiger partial charge on any atom is -0.478 e. The number of hydrogen-bond donors (Lipinski definition) is 2. The van der Waals surface area contributed by atoms with Gasteiger partial charge in [-0.2, -0.15) is 0 Å². The van der Waals surface area contributed by atoms with Crippen LogP contribution in [0.1, 0.15) is 10.4 Å². The van der Waals surface area contributed by atoms with Crippen LogP contribution in [-0.2, 0) is 14.4 Å². The summed E-state index contributed by atoms with van der Waals surface area (Å²) in [6.07, 6.45) is 3.18. The molecule has 7 nitrogen and oxygen atoms in total. The van der Waals surface area contributed by atoms with Crippen molar-refractivity contribution >= 4 is 35.1 Å². The fourth-order valence-corrected chi connectivity index (χ4v) is 1.78. The average Bonchev–Trinajstić information content (AvgIpc) is 2.77. The molecule has 2 rings (SSSR count). The molecule has 0 aromatic heterocycles. The Morgan fingerprint density at radius 1 is 1.14 bits per heavy atom. The molecule has 1 heterocycles. The number of carbonyl (C=O) groups is 4. The van der Waals surface area contributed by atoms with Crippen LogP contribution in [-0.4, -0.2) is 28.8 Å². The van der Waals surface area contributed by atoms with E-state index in [1.807, 2.05) is 0 Å². The van der Waals surface area contributed by atoms with Crippen LogP contribution in [0.2, 0.25) is 0 Å². The Kier molecular flexibility index (Phi) is 3.66. The summed E-state index contributed by atoms with van der Waals surface area (Å²) in [6.45, 7) is 3.28. The molecule has 0 saturated heterocycles. The zero-order valence-electron chi connectivity index (χ0n) is 10.7. The zero-order chi connectivity index (χ0) is 15.6. The van der Waals surface area contributed by atoms with Crippen LogP contribution < -0.4 is 10.2 Å². The minimum absolute atomic E-state index is 0.0641. The summed E-state index contributed by atoms with van der Waals surface area (Å²) < 4.78 is 0. The quantitative estimate of drug-likeness (QED) is 0.633. The largest absolute Gasteiger partial charge is 0.478 e. The summed E-state index contributed by atoms with van der Waals surface area (Å²) in [5.74, 6) is -2.95. The van der Waals surface area contributed by atoms with Crippen LogP contribution in [0.5, 0.6) is 0 Å². The molecule has 0 aliphatic carbocycles. The van der Waals surface area contributed by atoms with Gasteiger partial charge in [-0.05, 0) is 24.3 Å². The summed E-state index contributed by atoms with van der Waals surface area (Å²) in [6, 6.07) is 3.72. The number of amides is 3. The second kappa shape index (κ2) is 5.41. The molecule has 106 valence electrons. The number of rotatable bonds is 4. The first kappa shape index (κ1) is 14.2. The third-order valence-corrected chi connectivity index (χ3v) is 2.69. The highest BCUT2D eigenvalue weighted by Crippen LogP contribution is 2.25. The summed E-state index contributed by atoms with van der Waals surface area (Å²) >= 11 is 0. The maximum absolute atomic E-state index is 11.6. The predicted molar refractivity (Wildman–Crippen MR) is 73.9 cm³/mol. The van der Waals surface area contributed by atoms with Crippen molar-refractivity contribution in [1.82, 2.24) is 0 Å². The van der Waals surface area contributed by atoms with Crippen molar-refractivity contribution in [2.75, 3.05) is 10.2 Å². The van der Waals surface area contributed by atoms with E-state index in [4.69, 9.17) is 5.11 Å². The lowest BCUT2D eigenvalue weighted by atomic mass is 10.1. The van der Waals surface area contributed by atoms with E-state index in [-0.39, 0.29) is 16.9 Å². The lowest BCUT2D eigenvalue weighted by Crippen LogP contribution is -2.29. The number of imide groups is 1. The summed E-state index contributed by atoms with van der Waals surface area (Å²) in [5.41, 5.74) is 0.0379. The smallest absolute Gasteiger partial charge is 0.335 e. The summed E-state index contributed by atoms with van der Waals surface area (Å²) in [7, 11) is 0. The number of hydrogen-bond acceptors (Lipinski definition) is 4. The van der Waals surface area contributed by atoms with Crippen LogP contribution in [0, 0.1) is 0 Å². The molecule has 1 aromatic rings. The molecule has 7 heteroatoms. The van der Waals surface area contributed by atoms with Crippen LogP contribution in [0.4, 0.5) is 11.4 Å². The molecular formula is C14H10N2O5. The van der Waals surface area contributed by atoms with Crippen molar-refractivity contribution in [2.24, 2.45) is 0 Å². The normalized spacial score (nSPS) is 13.4. The highest BCUT2D eigenvalue weighted by Gasteiger charge is 2.26. The number of carbonyl (C=O) groups excluding carboxylic acids is 3. The predicted octanol–water partition coefficient (Wildman–Crippen LogP) is 0.939. The molecule has 3 amide bonds. The second-order valence-corrected chi connectivity index (χ2v) is 4.11. The second-order valence-electron chi connectivity index (χ2n) is 4.11. The van der Waals surface area contributed by atoms with Crippen molar-refractivity contribution in [2.45, 2.75) is 0 Å². The molecule has 0 radical (unpaired) electrons. The van der Waals surface area contributed by atoms with E-state index < -0.39 is 23.7 Å². The highest BCUT2D eigenvalue weighted by atomic mass is 16.4. The number of carboxylic acid groups (broad SMARTS) is 1. The van der Waals surface area contributed by atoms with Gasteiger partial charge in [-0.3, -0.25) is 14.4 Å². The molecule has 2 N–H and O–H groups in total. The fourth-order valence-electron chi connectivity index (χ4n) is 1.78. The molecule has 0 fully saturated rings. The van der Waals surface area contributed by atoms with Gasteiger partial charge in [0.2, 0.25) is 5.91 Å². The average molecular weight is 286 g/mol. The van der Waals surface area contributed by atoms with Gasteiger partial charge >= 0.3 is 5.97 Å². The standard InChI is InChI=1S/C14H10N2O5/c1-2-11(17)15-9-5-8(14(20)21)6-10(7-9)16-12(18)3-4-13(16)19/h2-7H,1H2,(H,15,17)(H,20,21). The minimum atomic E-state index is -1.25. The Morgan fingerprint density at radius 3 is 2.29 bits per heavy atom.